The molecular formula is C30H32F3N7O2S. The average Bonchev–Trinajstić information content (AvgIpc) is 3.64. The van der Waals surface area contributed by atoms with Crippen LogP contribution in [-0.2, 0) is 14.5 Å². The second-order valence-corrected chi connectivity index (χ2v) is 14.3. The van der Waals surface area contributed by atoms with Crippen molar-refractivity contribution in [2.75, 3.05) is 36.5 Å². The first-order chi connectivity index (χ1) is 20.5. The van der Waals surface area contributed by atoms with Gasteiger partial charge in [0, 0.05) is 83.5 Å². The summed E-state index contributed by atoms with van der Waals surface area (Å²) in [6, 6.07) is 12.4. The zero-order valence-corrected chi connectivity index (χ0v) is 24.5. The summed E-state index contributed by atoms with van der Waals surface area (Å²) in [5.74, 6) is -4.40. The SMILES string of the molecule is CN=S1(=O)CCN(c2ccc(-c3cn(-c4ccc(F)cn4)nc3[C@@H]3CC(F)(F)CC[C@H]3C(=O)NC3(C#N)CC3)cc2)CC1. The lowest BCUT2D eigenvalue weighted by Crippen LogP contribution is -2.45. The molecule has 9 nitrogen and oxygen atoms in total. The summed E-state index contributed by atoms with van der Waals surface area (Å²) in [4.78, 5) is 19.7. The maximum atomic E-state index is 14.9. The van der Waals surface area contributed by atoms with Crippen LogP contribution in [0.5, 0.6) is 0 Å². The molecule has 3 aliphatic rings. The number of aromatic nitrogens is 3. The smallest absolute Gasteiger partial charge is 0.248 e. The third kappa shape index (κ3) is 5.98. The number of hydrogen-bond donors (Lipinski definition) is 1. The summed E-state index contributed by atoms with van der Waals surface area (Å²) in [6.45, 7) is 1.21. The van der Waals surface area contributed by atoms with Crippen LogP contribution in [0.3, 0.4) is 0 Å². The van der Waals surface area contributed by atoms with Gasteiger partial charge in [-0.05, 0) is 49.1 Å². The fourth-order valence-corrected chi connectivity index (χ4v) is 7.55. The maximum Gasteiger partial charge on any atom is 0.248 e. The van der Waals surface area contributed by atoms with Crippen LogP contribution in [0.25, 0.3) is 16.9 Å². The van der Waals surface area contributed by atoms with E-state index in [9.17, 15) is 27.4 Å². The zero-order chi connectivity index (χ0) is 30.4. The minimum atomic E-state index is -3.00. The minimum Gasteiger partial charge on any atom is -0.370 e. The van der Waals surface area contributed by atoms with E-state index in [1.807, 2.05) is 24.3 Å². The molecule has 1 aromatic carbocycles. The first-order valence-electron chi connectivity index (χ1n) is 14.3. The van der Waals surface area contributed by atoms with Crippen LogP contribution in [0.4, 0.5) is 18.9 Å². The summed E-state index contributed by atoms with van der Waals surface area (Å²) >= 11 is 0. The van der Waals surface area contributed by atoms with Gasteiger partial charge in [0.25, 0.3) is 0 Å². The number of carbonyl (C=O) groups is 1. The van der Waals surface area contributed by atoms with E-state index < -0.39 is 57.6 Å². The number of halogens is 3. The molecule has 2 aliphatic carbocycles. The number of nitrogens with one attached hydrogen (secondary N) is 1. The van der Waals surface area contributed by atoms with Crippen molar-refractivity contribution in [3.63, 3.8) is 0 Å². The van der Waals surface area contributed by atoms with E-state index in [1.165, 1.54) is 16.8 Å². The lowest BCUT2D eigenvalue weighted by atomic mass is 9.74. The molecule has 3 fully saturated rings. The predicted molar refractivity (Wildman–Crippen MR) is 156 cm³/mol. The van der Waals surface area contributed by atoms with Crippen molar-refractivity contribution in [3.8, 4) is 23.0 Å². The van der Waals surface area contributed by atoms with Gasteiger partial charge < -0.3 is 10.2 Å². The Bertz CT molecular complexity index is 1670. The van der Waals surface area contributed by atoms with E-state index in [2.05, 4.69) is 30.7 Å². The summed E-state index contributed by atoms with van der Waals surface area (Å²) in [5.41, 5.74) is 1.60. The van der Waals surface area contributed by atoms with Crippen LogP contribution in [0.2, 0.25) is 0 Å². The van der Waals surface area contributed by atoms with Gasteiger partial charge in [0.05, 0.1) is 18.0 Å². The van der Waals surface area contributed by atoms with Gasteiger partial charge in [-0.25, -0.2) is 31.4 Å². The van der Waals surface area contributed by atoms with Crippen LogP contribution in [-0.4, -0.2) is 68.0 Å². The third-order valence-corrected chi connectivity index (χ3v) is 11.1. The van der Waals surface area contributed by atoms with Gasteiger partial charge in [-0.1, -0.05) is 12.1 Å². The quantitative estimate of drug-likeness (QED) is 0.433. The number of hydrogen-bond acceptors (Lipinski definition) is 7. The predicted octanol–water partition coefficient (Wildman–Crippen LogP) is 4.68. The number of carbonyl (C=O) groups excluding carboxylic acids is 1. The Morgan fingerprint density at radius 1 is 1.14 bits per heavy atom. The molecule has 1 N–H and O–H groups in total. The van der Waals surface area contributed by atoms with E-state index in [0.717, 1.165) is 11.9 Å². The van der Waals surface area contributed by atoms with Gasteiger partial charge in [0.2, 0.25) is 11.8 Å². The molecule has 0 radical (unpaired) electrons. The molecule has 6 rings (SSSR count). The highest BCUT2D eigenvalue weighted by Crippen LogP contribution is 2.48. The second-order valence-electron chi connectivity index (χ2n) is 11.6. The van der Waals surface area contributed by atoms with Crippen molar-refractivity contribution in [2.24, 2.45) is 10.3 Å². The molecule has 13 heteroatoms. The number of nitriles is 1. The fraction of sp³-hybridized carbons (Fsp3) is 0.467. The second kappa shape index (κ2) is 11.0. The Morgan fingerprint density at radius 3 is 2.47 bits per heavy atom. The fourth-order valence-electron chi connectivity index (χ4n) is 5.97. The monoisotopic (exact) mass is 611 g/mol. The van der Waals surface area contributed by atoms with Gasteiger partial charge in [0.15, 0.2) is 5.82 Å². The van der Waals surface area contributed by atoms with Crippen molar-refractivity contribution >= 4 is 21.3 Å². The van der Waals surface area contributed by atoms with E-state index in [1.54, 1.807) is 13.2 Å². The third-order valence-electron chi connectivity index (χ3n) is 8.77. The summed E-state index contributed by atoms with van der Waals surface area (Å²) in [7, 11) is -0.572. The molecule has 43 heavy (non-hydrogen) atoms. The molecular weight excluding hydrogens is 579 g/mol. The highest BCUT2D eigenvalue weighted by atomic mass is 32.2. The molecule has 0 unspecified atom stereocenters. The first kappa shape index (κ1) is 29.2. The maximum absolute atomic E-state index is 14.9. The Labute approximate surface area is 248 Å². The molecule has 2 saturated carbocycles. The van der Waals surface area contributed by atoms with E-state index in [4.69, 9.17) is 0 Å². The van der Waals surface area contributed by atoms with Crippen LogP contribution in [0.1, 0.15) is 43.7 Å². The van der Waals surface area contributed by atoms with E-state index in [-0.39, 0.29) is 6.42 Å². The Kier molecular flexibility index (Phi) is 7.44. The number of pyridine rings is 1. The number of alkyl halides is 2. The van der Waals surface area contributed by atoms with Crippen molar-refractivity contribution in [3.05, 3.63) is 60.3 Å². The largest absolute Gasteiger partial charge is 0.370 e. The molecule has 1 saturated heterocycles. The number of benzene rings is 1. The first-order valence-corrected chi connectivity index (χ1v) is 16.2. The van der Waals surface area contributed by atoms with Crippen molar-refractivity contribution in [2.45, 2.75) is 49.5 Å². The standard InChI is InChI=1S/C30H32F3N7O2S/c1-35-43(42)14-12-39(13-15-43)22-5-2-20(3-6-22)25-18-40(26-7-4-21(31)17-36-26)38-27(25)24-16-30(32,33)9-8-23(24)28(41)37-29(19-34)10-11-29/h2-7,17-18,23-24H,8-16H2,1H3,(H,37,41)/t23-,24-/m1/s1. The van der Waals surface area contributed by atoms with Gasteiger partial charge in [-0.2, -0.15) is 10.4 Å². The normalized spacial score (nSPS) is 23.7. The Morgan fingerprint density at radius 2 is 1.86 bits per heavy atom. The molecule has 1 amide bonds. The Hall–Kier alpha value is -3.92. The molecule has 226 valence electrons. The number of nitrogens with zero attached hydrogens (tertiary/aromatic N) is 6. The summed E-state index contributed by atoms with van der Waals surface area (Å²) in [5, 5.41) is 17.0. The molecule has 3 aromatic rings. The Balaban J connectivity index is 1.37. The van der Waals surface area contributed by atoms with Crippen LogP contribution in [0, 0.1) is 23.1 Å². The van der Waals surface area contributed by atoms with Gasteiger partial charge in [-0.3, -0.25) is 4.79 Å². The number of rotatable bonds is 6. The van der Waals surface area contributed by atoms with Gasteiger partial charge in [0.1, 0.15) is 11.4 Å². The number of amides is 1. The summed E-state index contributed by atoms with van der Waals surface area (Å²) in [6.07, 6.45) is 2.74. The molecule has 3 heterocycles. The van der Waals surface area contributed by atoms with Gasteiger partial charge >= 0.3 is 0 Å². The van der Waals surface area contributed by atoms with E-state index in [0.29, 0.717) is 60.1 Å². The lowest BCUT2D eigenvalue weighted by molar-refractivity contribution is -0.131. The topological polar surface area (TPSA) is 116 Å². The highest BCUT2D eigenvalue weighted by Gasteiger charge is 2.50. The average molecular weight is 612 g/mol. The van der Waals surface area contributed by atoms with Crippen molar-refractivity contribution < 1.29 is 22.2 Å². The lowest BCUT2D eigenvalue weighted by Gasteiger charge is -2.35. The molecule has 0 spiro atoms. The van der Waals surface area contributed by atoms with Crippen molar-refractivity contribution in [1.82, 2.24) is 20.1 Å². The van der Waals surface area contributed by atoms with E-state index >= 15 is 0 Å². The molecule has 0 bridgehead atoms. The minimum absolute atomic E-state index is 0.0484. The van der Waals surface area contributed by atoms with Crippen LogP contribution < -0.4 is 10.2 Å². The van der Waals surface area contributed by atoms with Crippen LogP contribution in [0.15, 0.2) is 53.2 Å². The number of anilines is 1. The van der Waals surface area contributed by atoms with Crippen LogP contribution >= 0.6 is 0 Å². The summed E-state index contributed by atoms with van der Waals surface area (Å²) < 4.78 is 61.6. The molecule has 1 aliphatic heterocycles. The van der Waals surface area contributed by atoms with Crippen molar-refractivity contribution in [1.29, 1.82) is 5.26 Å². The zero-order valence-electron chi connectivity index (χ0n) is 23.7. The van der Waals surface area contributed by atoms with Gasteiger partial charge in [-0.15, -0.1) is 0 Å². The highest BCUT2D eigenvalue weighted by molar-refractivity contribution is 7.93. The molecule has 2 aromatic heterocycles. The molecule has 2 atom stereocenters.